The van der Waals surface area contributed by atoms with E-state index in [1.165, 1.54) is 17.4 Å². The summed E-state index contributed by atoms with van der Waals surface area (Å²) in [6, 6.07) is 12.1. The van der Waals surface area contributed by atoms with Crippen LogP contribution in [0.1, 0.15) is 4.88 Å². The molecule has 1 aromatic heterocycles. The molecule has 0 radical (unpaired) electrons. The van der Waals surface area contributed by atoms with Gasteiger partial charge in [-0.05, 0) is 30.3 Å². The van der Waals surface area contributed by atoms with Crippen LogP contribution in [0.4, 0.5) is 5.69 Å². The van der Waals surface area contributed by atoms with E-state index in [0.717, 1.165) is 4.88 Å². The fourth-order valence-electron chi connectivity index (χ4n) is 1.45. The standard InChI is InChI=1S/C14H8Cl2N2OS/c15-11-3-1-2-4-12(11)18-14(19)9(8-17)7-10-5-6-13(16)20-10/h1-7H,(H,18,19)/b9-7+. The van der Waals surface area contributed by atoms with Crippen LogP contribution in [-0.2, 0) is 4.79 Å². The van der Waals surface area contributed by atoms with Crippen LogP contribution in [0, 0.1) is 11.3 Å². The van der Waals surface area contributed by atoms with E-state index in [2.05, 4.69) is 5.32 Å². The first-order valence-electron chi connectivity index (χ1n) is 5.53. The number of halogens is 2. The number of nitrogens with one attached hydrogen (secondary N) is 1. The minimum absolute atomic E-state index is 0.0107. The number of carbonyl (C=O) groups excluding carboxylic acids is 1. The molecule has 1 aromatic carbocycles. The summed E-state index contributed by atoms with van der Waals surface area (Å²) in [5.41, 5.74) is 0.452. The van der Waals surface area contributed by atoms with Gasteiger partial charge in [0.2, 0.25) is 0 Å². The number of hydrogen-bond donors (Lipinski definition) is 1. The molecule has 0 saturated carbocycles. The molecule has 6 heteroatoms. The molecule has 0 unspecified atom stereocenters. The van der Waals surface area contributed by atoms with E-state index in [4.69, 9.17) is 28.5 Å². The van der Waals surface area contributed by atoms with Crippen LogP contribution >= 0.6 is 34.5 Å². The first kappa shape index (κ1) is 14.6. The van der Waals surface area contributed by atoms with Crippen LogP contribution < -0.4 is 5.32 Å². The molecule has 100 valence electrons. The predicted octanol–water partition coefficient (Wildman–Crippen LogP) is 4.60. The van der Waals surface area contributed by atoms with E-state index in [-0.39, 0.29) is 5.57 Å². The van der Waals surface area contributed by atoms with Crippen molar-refractivity contribution in [2.75, 3.05) is 5.32 Å². The third kappa shape index (κ3) is 3.61. The van der Waals surface area contributed by atoms with Crippen molar-refractivity contribution in [3.63, 3.8) is 0 Å². The van der Waals surface area contributed by atoms with Crippen molar-refractivity contribution >= 4 is 52.2 Å². The van der Waals surface area contributed by atoms with E-state index in [1.54, 1.807) is 36.4 Å². The molecule has 2 rings (SSSR count). The van der Waals surface area contributed by atoms with Gasteiger partial charge in [0, 0.05) is 4.88 Å². The number of thiophene rings is 1. The molecule has 0 fully saturated rings. The van der Waals surface area contributed by atoms with Crippen LogP contribution in [0.15, 0.2) is 42.0 Å². The summed E-state index contributed by atoms with van der Waals surface area (Å²) in [6.07, 6.45) is 1.49. The second-order valence-electron chi connectivity index (χ2n) is 3.75. The second-order valence-corrected chi connectivity index (χ2v) is 5.90. The third-order valence-electron chi connectivity index (χ3n) is 2.37. The lowest BCUT2D eigenvalue weighted by molar-refractivity contribution is -0.112. The summed E-state index contributed by atoms with van der Waals surface area (Å²) in [6.45, 7) is 0. The molecule has 1 N–H and O–H groups in total. The highest BCUT2D eigenvalue weighted by molar-refractivity contribution is 7.17. The zero-order valence-electron chi connectivity index (χ0n) is 10.1. The van der Waals surface area contributed by atoms with Gasteiger partial charge in [0.05, 0.1) is 15.0 Å². The monoisotopic (exact) mass is 322 g/mol. The number of hydrogen-bond acceptors (Lipinski definition) is 3. The predicted molar refractivity (Wildman–Crippen MR) is 83.0 cm³/mol. The van der Waals surface area contributed by atoms with Crippen LogP contribution in [0.25, 0.3) is 6.08 Å². The van der Waals surface area contributed by atoms with E-state index in [1.807, 2.05) is 6.07 Å². The quantitative estimate of drug-likeness (QED) is 0.663. The third-order valence-corrected chi connectivity index (χ3v) is 3.88. The zero-order chi connectivity index (χ0) is 14.5. The normalized spacial score (nSPS) is 10.9. The number of para-hydroxylation sites is 1. The fraction of sp³-hybridized carbons (Fsp3) is 0. The van der Waals surface area contributed by atoms with Gasteiger partial charge in [0.1, 0.15) is 11.6 Å². The van der Waals surface area contributed by atoms with Gasteiger partial charge in [-0.1, -0.05) is 35.3 Å². The van der Waals surface area contributed by atoms with Gasteiger partial charge in [0.25, 0.3) is 5.91 Å². The molecule has 1 amide bonds. The number of anilines is 1. The Morgan fingerprint density at radius 2 is 2.00 bits per heavy atom. The number of nitriles is 1. The molecule has 0 aliphatic rings. The summed E-state index contributed by atoms with van der Waals surface area (Å²) >= 11 is 13.0. The summed E-state index contributed by atoms with van der Waals surface area (Å²) in [4.78, 5) is 12.8. The number of amides is 1. The van der Waals surface area contributed by atoms with Crippen LogP contribution in [-0.4, -0.2) is 5.91 Å². The summed E-state index contributed by atoms with van der Waals surface area (Å²) in [5, 5.41) is 12.1. The van der Waals surface area contributed by atoms with Gasteiger partial charge in [-0.25, -0.2) is 0 Å². The summed E-state index contributed by atoms with van der Waals surface area (Å²) in [7, 11) is 0. The Bertz CT molecular complexity index is 716. The van der Waals surface area contributed by atoms with Crippen molar-refractivity contribution in [3.8, 4) is 6.07 Å². The topological polar surface area (TPSA) is 52.9 Å². The molecule has 0 aliphatic heterocycles. The summed E-state index contributed by atoms with van der Waals surface area (Å²) in [5.74, 6) is -0.509. The second kappa shape index (κ2) is 6.58. The van der Waals surface area contributed by atoms with E-state index < -0.39 is 5.91 Å². The largest absolute Gasteiger partial charge is 0.320 e. The highest BCUT2D eigenvalue weighted by atomic mass is 35.5. The minimum Gasteiger partial charge on any atom is -0.320 e. The van der Waals surface area contributed by atoms with Gasteiger partial charge in [-0.15, -0.1) is 11.3 Å². The smallest absolute Gasteiger partial charge is 0.266 e. The number of rotatable bonds is 3. The SMILES string of the molecule is N#C/C(=C\c1ccc(Cl)s1)C(=O)Nc1ccccc1Cl. The van der Waals surface area contributed by atoms with Crippen LogP contribution in [0.5, 0.6) is 0 Å². The number of nitrogens with zero attached hydrogens (tertiary/aromatic N) is 1. The highest BCUT2D eigenvalue weighted by Gasteiger charge is 2.11. The molecular weight excluding hydrogens is 315 g/mol. The summed E-state index contributed by atoms with van der Waals surface area (Å²) < 4.78 is 0.597. The molecule has 0 saturated heterocycles. The lowest BCUT2D eigenvalue weighted by Gasteiger charge is -2.05. The van der Waals surface area contributed by atoms with E-state index >= 15 is 0 Å². The van der Waals surface area contributed by atoms with E-state index in [0.29, 0.717) is 15.0 Å². The maximum Gasteiger partial charge on any atom is 0.266 e. The van der Waals surface area contributed by atoms with Gasteiger partial charge in [0.15, 0.2) is 0 Å². The molecule has 0 spiro atoms. The van der Waals surface area contributed by atoms with Crippen molar-refractivity contribution in [1.29, 1.82) is 5.26 Å². The van der Waals surface area contributed by atoms with Crippen molar-refractivity contribution < 1.29 is 4.79 Å². The molecule has 2 aromatic rings. The maximum absolute atomic E-state index is 12.0. The first-order valence-corrected chi connectivity index (χ1v) is 7.10. The number of benzene rings is 1. The van der Waals surface area contributed by atoms with Gasteiger partial charge >= 0.3 is 0 Å². The number of carbonyl (C=O) groups is 1. The van der Waals surface area contributed by atoms with Crippen molar-refractivity contribution in [1.82, 2.24) is 0 Å². The molecule has 0 atom stereocenters. The average Bonchev–Trinajstić information content (AvgIpc) is 2.84. The van der Waals surface area contributed by atoms with Crippen molar-refractivity contribution in [3.05, 3.63) is 56.2 Å². The molecule has 0 aliphatic carbocycles. The lowest BCUT2D eigenvalue weighted by atomic mass is 10.2. The zero-order valence-corrected chi connectivity index (χ0v) is 12.4. The van der Waals surface area contributed by atoms with Gasteiger partial charge < -0.3 is 5.32 Å². The lowest BCUT2D eigenvalue weighted by Crippen LogP contribution is -2.13. The average molecular weight is 323 g/mol. The minimum atomic E-state index is -0.509. The molecule has 3 nitrogen and oxygen atoms in total. The van der Waals surface area contributed by atoms with Crippen LogP contribution in [0.3, 0.4) is 0 Å². The Kier molecular flexibility index (Phi) is 4.80. The fourth-order valence-corrected chi connectivity index (χ4v) is 2.64. The maximum atomic E-state index is 12.0. The Balaban J connectivity index is 2.21. The first-order chi connectivity index (χ1) is 9.60. The van der Waals surface area contributed by atoms with Crippen molar-refractivity contribution in [2.24, 2.45) is 0 Å². The van der Waals surface area contributed by atoms with Crippen LogP contribution in [0.2, 0.25) is 9.36 Å². The van der Waals surface area contributed by atoms with E-state index in [9.17, 15) is 4.79 Å². The molecule has 1 heterocycles. The Labute approximate surface area is 130 Å². The Morgan fingerprint density at radius 3 is 2.60 bits per heavy atom. The molecule has 0 bridgehead atoms. The molecular formula is C14H8Cl2N2OS. The highest BCUT2D eigenvalue weighted by Crippen LogP contribution is 2.24. The Hall–Kier alpha value is -1.80. The van der Waals surface area contributed by atoms with Gasteiger partial charge in [-0.2, -0.15) is 5.26 Å². The van der Waals surface area contributed by atoms with Gasteiger partial charge in [-0.3, -0.25) is 4.79 Å². The Morgan fingerprint density at radius 1 is 1.25 bits per heavy atom. The molecule has 20 heavy (non-hydrogen) atoms. The van der Waals surface area contributed by atoms with Crippen molar-refractivity contribution in [2.45, 2.75) is 0 Å².